The summed E-state index contributed by atoms with van der Waals surface area (Å²) in [4.78, 5) is 47.9. The van der Waals surface area contributed by atoms with E-state index >= 15 is 0 Å². The van der Waals surface area contributed by atoms with Crippen LogP contribution in [-0.4, -0.2) is 56.2 Å². The monoisotopic (exact) mass is 503 g/mol. The van der Waals surface area contributed by atoms with Crippen LogP contribution in [0.4, 0.5) is 9.59 Å². The van der Waals surface area contributed by atoms with Crippen LogP contribution in [0.25, 0.3) is 0 Å². The Hall–Kier alpha value is -4.12. The maximum Gasteiger partial charge on any atom is 0.513 e. The zero-order valence-corrected chi connectivity index (χ0v) is 20.3. The third kappa shape index (κ3) is 9.26. The van der Waals surface area contributed by atoms with Crippen LogP contribution in [0.1, 0.15) is 36.7 Å². The zero-order chi connectivity index (χ0) is 26.5. The summed E-state index contributed by atoms with van der Waals surface area (Å²) < 4.78 is 30.1. The highest BCUT2D eigenvalue weighted by atomic mass is 16.7. The van der Waals surface area contributed by atoms with Crippen LogP contribution in [-0.2, 0) is 30.2 Å². The van der Waals surface area contributed by atoms with Crippen molar-refractivity contribution in [1.29, 1.82) is 0 Å². The molecule has 2 aromatic carbocycles. The molecule has 0 spiro atoms. The molecule has 11 nitrogen and oxygen atoms in total. The first-order valence-electron chi connectivity index (χ1n) is 11.2. The molecule has 2 aromatic rings. The summed E-state index contributed by atoms with van der Waals surface area (Å²) in [6.07, 6.45) is -2.68. The van der Waals surface area contributed by atoms with Gasteiger partial charge in [-0.25, -0.2) is 14.4 Å². The number of rotatable bonds is 11. The molecule has 0 aliphatic rings. The standard InChI is InChI=1S/C25H29NO10/c1-4-31-24(29)35-20-12-11-17(14-21(20)36-25(30)32-5-2)13-19(26)23(28)33-15-16(3)34-22(27)18-9-7-6-8-10-18/h6-12,14,16,19H,4-5,13,15,26H2,1-3H3/t16-,19-/m0/s1. The lowest BCUT2D eigenvalue weighted by Gasteiger charge is -2.17. The fourth-order valence-corrected chi connectivity index (χ4v) is 2.82. The van der Waals surface area contributed by atoms with E-state index in [0.29, 0.717) is 11.1 Å². The molecule has 0 unspecified atom stereocenters. The second kappa shape index (κ2) is 14.3. The van der Waals surface area contributed by atoms with Gasteiger partial charge in [-0.2, -0.15) is 0 Å². The van der Waals surface area contributed by atoms with E-state index in [1.165, 1.54) is 18.2 Å². The number of benzene rings is 2. The van der Waals surface area contributed by atoms with Gasteiger partial charge in [-0.3, -0.25) is 4.79 Å². The molecule has 11 heteroatoms. The molecule has 0 fully saturated rings. The third-order valence-electron chi connectivity index (χ3n) is 4.46. The second-order valence-electron chi connectivity index (χ2n) is 7.37. The van der Waals surface area contributed by atoms with Gasteiger partial charge in [-0.1, -0.05) is 24.3 Å². The van der Waals surface area contributed by atoms with Gasteiger partial charge in [0.05, 0.1) is 18.8 Å². The predicted octanol–water partition coefficient (Wildman–Crippen LogP) is 3.42. The second-order valence-corrected chi connectivity index (χ2v) is 7.37. The summed E-state index contributed by atoms with van der Waals surface area (Å²) in [6, 6.07) is 11.6. The Morgan fingerprint density at radius 2 is 1.44 bits per heavy atom. The lowest BCUT2D eigenvalue weighted by Crippen LogP contribution is -2.36. The SMILES string of the molecule is CCOC(=O)Oc1ccc(C[C@H](N)C(=O)OC[C@H](C)OC(=O)c2ccccc2)cc1OC(=O)OCC. The third-order valence-corrected chi connectivity index (χ3v) is 4.46. The first-order valence-corrected chi connectivity index (χ1v) is 11.2. The molecule has 0 aliphatic heterocycles. The van der Waals surface area contributed by atoms with E-state index in [2.05, 4.69) is 0 Å². The maximum atomic E-state index is 12.4. The van der Waals surface area contributed by atoms with E-state index in [4.69, 9.17) is 34.2 Å². The Bertz CT molecular complexity index is 1040. The van der Waals surface area contributed by atoms with E-state index in [-0.39, 0.29) is 37.7 Å². The molecule has 0 amide bonds. The molecule has 0 radical (unpaired) electrons. The minimum Gasteiger partial charge on any atom is -0.461 e. The molecule has 0 aromatic heterocycles. The Morgan fingerprint density at radius 3 is 2.06 bits per heavy atom. The number of nitrogens with two attached hydrogens (primary N) is 1. The number of carbonyl (C=O) groups is 4. The Balaban J connectivity index is 1.97. The minimum absolute atomic E-state index is 0.00981. The zero-order valence-electron chi connectivity index (χ0n) is 20.3. The van der Waals surface area contributed by atoms with Gasteiger partial charge in [-0.05, 0) is 57.0 Å². The van der Waals surface area contributed by atoms with E-state index in [1.54, 1.807) is 51.1 Å². The highest BCUT2D eigenvalue weighted by Gasteiger charge is 2.21. The molecule has 0 aliphatic carbocycles. The van der Waals surface area contributed by atoms with Crippen molar-refractivity contribution in [1.82, 2.24) is 0 Å². The van der Waals surface area contributed by atoms with Crippen LogP contribution in [0.5, 0.6) is 11.5 Å². The molecular weight excluding hydrogens is 474 g/mol. The minimum atomic E-state index is -1.07. The number of hydrogen-bond donors (Lipinski definition) is 1. The average Bonchev–Trinajstić information content (AvgIpc) is 2.84. The van der Waals surface area contributed by atoms with Gasteiger partial charge < -0.3 is 34.2 Å². The van der Waals surface area contributed by atoms with Crippen molar-refractivity contribution >= 4 is 24.2 Å². The topological polar surface area (TPSA) is 150 Å². The fourth-order valence-electron chi connectivity index (χ4n) is 2.82. The van der Waals surface area contributed by atoms with Crippen LogP contribution in [0.15, 0.2) is 48.5 Å². The van der Waals surface area contributed by atoms with E-state index in [0.717, 1.165) is 0 Å². The largest absolute Gasteiger partial charge is 0.513 e. The summed E-state index contributed by atoms with van der Waals surface area (Å²) >= 11 is 0. The molecule has 36 heavy (non-hydrogen) atoms. The highest BCUT2D eigenvalue weighted by Crippen LogP contribution is 2.30. The number of esters is 2. The number of carbonyl (C=O) groups excluding carboxylic acids is 4. The molecule has 0 heterocycles. The Labute approximate surface area is 208 Å². The average molecular weight is 504 g/mol. The molecule has 0 saturated carbocycles. The van der Waals surface area contributed by atoms with E-state index < -0.39 is 36.4 Å². The first kappa shape index (κ1) is 28.1. The van der Waals surface area contributed by atoms with Gasteiger partial charge in [0.2, 0.25) is 0 Å². The lowest BCUT2D eigenvalue weighted by molar-refractivity contribution is -0.148. The number of ether oxygens (including phenoxy) is 6. The normalized spacial score (nSPS) is 12.0. The van der Waals surface area contributed by atoms with Gasteiger partial charge in [0.25, 0.3) is 0 Å². The summed E-state index contributed by atoms with van der Waals surface area (Å²) in [5, 5.41) is 0. The van der Waals surface area contributed by atoms with E-state index in [1.807, 2.05) is 0 Å². The van der Waals surface area contributed by atoms with Crippen LogP contribution >= 0.6 is 0 Å². The predicted molar refractivity (Wildman–Crippen MR) is 126 cm³/mol. The van der Waals surface area contributed by atoms with Crippen molar-refractivity contribution in [2.24, 2.45) is 5.73 Å². The highest BCUT2D eigenvalue weighted by molar-refractivity contribution is 5.89. The van der Waals surface area contributed by atoms with Crippen LogP contribution in [0, 0.1) is 0 Å². The molecule has 2 atom stereocenters. The van der Waals surface area contributed by atoms with E-state index in [9.17, 15) is 19.2 Å². The Kier molecular flexibility index (Phi) is 11.2. The van der Waals surface area contributed by atoms with Crippen LogP contribution in [0.2, 0.25) is 0 Å². The first-order chi connectivity index (χ1) is 17.2. The van der Waals surface area contributed by atoms with Gasteiger partial charge in [-0.15, -0.1) is 0 Å². The van der Waals surface area contributed by atoms with Gasteiger partial charge >= 0.3 is 24.2 Å². The van der Waals surface area contributed by atoms with Gasteiger partial charge in [0, 0.05) is 0 Å². The van der Waals surface area contributed by atoms with Crippen molar-refractivity contribution in [2.75, 3.05) is 19.8 Å². The van der Waals surface area contributed by atoms with Crippen LogP contribution < -0.4 is 15.2 Å². The van der Waals surface area contributed by atoms with Crippen molar-refractivity contribution < 1.29 is 47.6 Å². The summed E-state index contributed by atoms with van der Waals surface area (Å²) in [6.45, 7) is 4.76. The summed E-state index contributed by atoms with van der Waals surface area (Å²) in [5.74, 6) is -1.48. The number of hydrogen-bond acceptors (Lipinski definition) is 11. The van der Waals surface area contributed by atoms with Gasteiger partial charge in [0.1, 0.15) is 18.8 Å². The molecular formula is C25H29NO10. The molecule has 194 valence electrons. The Morgan fingerprint density at radius 1 is 0.833 bits per heavy atom. The lowest BCUT2D eigenvalue weighted by atomic mass is 10.1. The maximum absolute atomic E-state index is 12.4. The van der Waals surface area contributed by atoms with Crippen molar-refractivity contribution in [2.45, 2.75) is 39.3 Å². The van der Waals surface area contributed by atoms with Crippen molar-refractivity contribution in [3.8, 4) is 11.5 Å². The molecule has 2 N–H and O–H groups in total. The summed E-state index contributed by atoms with van der Waals surface area (Å²) in [7, 11) is 0. The smallest absolute Gasteiger partial charge is 0.461 e. The summed E-state index contributed by atoms with van der Waals surface area (Å²) in [5.41, 5.74) is 6.83. The van der Waals surface area contributed by atoms with Crippen molar-refractivity contribution in [3.05, 3.63) is 59.7 Å². The quantitative estimate of drug-likeness (QED) is 0.273. The molecule has 0 saturated heterocycles. The van der Waals surface area contributed by atoms with Crippen LogP contribution in [0.3, 0.4) is 0 Å². The van der Waals surface area contributed by atoms with Gasteiger partial charge in [0.15, 0.2) is 11.5 Å². The van der Waals surface area contributed by atoms with Crippen molar-refractivity contribution in [3.63, 3.8) is 0 Å². The fraction of sp³-hybridized carbons (Fsp3) is 0.360. The molecule has 2 rings (SSSR count). The molecule has 0 bridgehead atoms.